The molecule has 0 aliphatic heterocycles. The van der Waals surface area contributed by atoms with Crippen LogP contribution in [0.2, 0.25) is 0 Å². The molecule has 0 atom stereocenters. The second-order valence-corrected chi connectivity index (χ2v) is 7.06. The average Bonchev–Trinajstić information content (AvgIpc) is 2.36. The van der Waals surface area contributed by atoms with Crippen molar-refractivity contribution in [2.24, 2.45) is 0 Å². The Hall–Kier alpha value is -1.40. The fourth-order valence-corrected chi connectivity index (χ4v) is 2.51. The molecule has 0 spiro atoms. The number of pyridine rings is 1. The van der Waals surface area contributed by atoms with Gasteiger partial charge in [-0.1, -0.05) is 28.1 Å². The molecule has 1 aromatic heterocycles. The first-order chi connectivity index (χ1) is 8.95. The van der Waals surface area contributed by atoms with Crippen molar-refractivity contribution < 1.29 is 8.42 Å². The van der Waals surface area contributed by atoms with Crippen molar-refractivity contribution in [3.63, 3.8) is 0 Å². The van der Waals surface area contributed by atoms with E-state index in [9.17, 15) is 8.42 Å². The Morgan fingerprint density at radius 1 is 1.21 bits per heavy atom. The van der Waals surface area contributed by atoms with Crippen LogP contribution in [0, 0.1) is 0 Å². The number of aromatic nitrogens is 1. The van der Waals surface area contributed by atoms with E-state index >= 15 is 0 Å². The zero-order valence-electron chi connectivity index (χ0n) is 10.3. The number of halogens is 1. The quantitative estimate of drug-likeness (QED) is 0.929. The standard InChI is InChI=1S/C13H13BrN2O2S/c1-19(17,18)12-4-2-10(3-5-12)9-16-13-8-11(14)6-7-15-13/h2-8H,9H2,1H3,(H,15,16). The highest BCUT2D eigenvalue weighted by atomic mass is 79.9. The number of anilines is 1. The van der Waals surface area contributed by atoms with Gasteiger partial charge in [0.05, 0.1) is 4.90 Å². The Balaban J connectivity index is 2.05. The minimum Gasteiger partial charge on any atom is -0.366 e. The third kappa shape index (κ3) is 4.04. The summed E-state index contributed by atoms with van der Waals surface area (Å²) in [5.41, 5.74) is 0.995. The summed E-state index contributed by atoms with van der Waals surface area (Å²) in [5, 5.41) is 3.17. The first kappa shape index (κ1) is 14.0. The van der Waals surface area contributed by atoms with Gasteiger partial charge in [0.2, 0.25) is 0 Å². The largest absolute Gasteiger partial charge is 0.366 e. The van der Waals surface area contributed by atoms with Crippen LogP contribution >= 0.6 is 15.9 Å². The van der Waals surface area contributed by atoms with Crippen molar-refractivity contribution in [3.05, 3.63) is 52.6 Å². The zero-order valence-corrected chi connectivity index (χ0v) is 12.7. The highest BCUT2D eigenvalue weighted by Gasteiger charge is 2.05. The lowest BCUT2D eigenvalue weighted by molar-refractivity contribution is 0.602. The maximum atomic E-state index is 11.3. The molecule has 6 heteroatoms. The molecule has 0 saturated carbocycles. The molecular formula is C13H13BrN2O2S. The molecule has 0 aliphatic rings. The van der Waals surface area contributed by atoms with E-state index < -0.39 is 9.84 Å². The van der Waals surface area contributed by atoms with Crippen LogP contribution in [-0.2, 0) is 16.4 Å². The van der Waals surface area contributed by atoms with Gasteiger partial charge in [0.15, 0.2) is 9.84 Å². The van der Waals surface area contributed by atoms with Gasteiger partial charge in [-0.15, -0.1) is 0 Å². The van der Waals surface area contributed by atoms with E-state index in [0.717, 1.165) is 15.9 Å². The molecule has 0 amide bonds. The van der Waals surface area contributed by atoms with Crippen LogP contribution in [0.15, 0.2) is 52.0 Å². The Morgan fingerprint density at radius 2 is 1.89 bits per heavy atom. The summed E-state index contributed by atoms with van der Waals surface area (Å²) in [6.45, 7) is 0.591. The molecule has 1 aromatic carbocycles. The molecule has 2 rings (SSSR count). The number of nitrogens with one attached hydrogen (secondary N) is 1. The van der Waals surface area contributed by atoms with E-state index in [4.69, 9.17) is 0 Å². The molecule has 0 unspecified atom stereocenters. The number of nitrogens with zero attached hydrogens (tertiary/aromatic N) is 1. The first-order valence-corrected chi connectivity index (χ1v) is 8.28. The molecule has 0 bridgehead atoms. The summed E-state index contributed by atoms with van der Waals surface area (Å²) in [5.74, 6) is 0.765. The zero-order chi connectivity index (χ0) is 13.9. The van der Waals surface area contributed by atoms with Crippen LogP contribution in [0.1, 0.15) is 5.56 Å². The molecule has 1 N–H and O–H groups in total. The van der Waals surface area contributed by atoms with Crippen molar-refractivity contribution in [2.75, 3.05) is 11.6 Å². The van der Waals surface area contributed by atoms with E-state index in [-0.39, 0.29) is 0 Å². The maximum Gasteiger partial charge on any atom is 0.175 e. The summed E-state index contributed by atoms with van der Waals surface area (Å²) in [6, 6.07) is 10.5. The Morgan fingerprint density at radius 3 is 2.47 bits per heavy atom. The van der Waals surface area contributed by atoms with Gasteiger partial charge >= 0.3 is 0 Å². The number of hydrogen-bond donors (Lipinski definition) is 1. The smallest absolute Gasteiger partial charge is 0.175 e. The van der Waals surface area contributed by atoms with Gasteiger partial charge in [0, 0.05) is 23.5 Å². The molecule has 0 saturated heterocycles. The summed E-state index contributed by atoms with van der Waals surface area (Å²) in [7, 11) is -3.13. The Kier molecular flexibility index (Phi) is 4.21. The molecule has 4 nitrogen and oxygen atoms in total. The molecule has 2 aromatic rings. The fourth-order valence-electron chi connectivity index (χ4n) is 1.55. The van der Waals surface area contributed by atoms with Gasteiger partial charge in [-0.05, 0) is 29.8 Å². The average molecular weight is 341 g/mol. The van der Waals surface area contributed by atoms with Crippen molar-refractivity contribution in [1.29, 1.82) is 0 Å². The summed E-state index contributed by atoms with van der Waals surface area (Å²) < 4.78 is 23.6. The number of hydrogen-bond acceptors (Lipinski definition) is 4. The Bertz CT molecular complexity index is 669. The second-order valence-electron chi connectivity index (χ2n) is 4.13. The molecule has 0 radical (unpaired) electrons. The van der Waals surface area contributed by atoms with Gasteiger partial charge in [-0.25, -0.2) is 13.4 Å². The monoisotopic (exact) mass is 340 g/mol. The van der Waals surface area contributed by atoms with Gasteiger partial charge in [-0.3, -0.25) is 0 Å². The first-order valence-electron chi connectivity index (χ1n) is 5.59. The highest BCUT2D eigenvalue weighted by molar-refractivity contribution is 9.10. The van der Waals surface area contributed by atoms with Crippen molar-refractivity contribution >= 4 is 31.6 Å². The molecule has 0 aliphatic carbocycles. The molecule has 19 heavy (non-hydrogen) atoms. The molecule has 100 valence electrons. The maximum absolute atomic E-state index is 11.3. The number of benzene rings is 1. The minimum absolute atomic E-state index is 0.330. The lowest BCUT2D eigenvalue weighted by atomic mass is 10.2. The lowest BCUT2D eigenvalue weighted by Crippen LogP contribution is -2.02. The summed E-state index contributed by atoms with van der Waals surface area (Å²) in [6.07, 6.45) is 2.91. The summed E-state index contributed by atoms with van der Waals surface area (Å²) >= 11 is 3.37. The normalized spacial score (nSPS) is 11.3. The van der Waals surface area contributed by atoms with Crippen LogP contribution in [0.3, 0.4) is 0 Å². The van der Waals surface area contributed by atoms with Crippen molar-refractivity contribution in [3.8, 4) is 0 Å². The van der Waals surface area contributed by atoms with Crippen LogP contribution in [0.4, 0.5) is 5.82 Å². The number of sulfone groups is 1. The second kappa shape index (κ2) is 5.71. The van der Waals surface area contributed by atoms with E-state index in [1.165, 1.54) is 6.26 Å². The van der Waals surface area contributed by atoms with Gasteiger partial charge in [-0.2, -0.15) is 0 Å². The fraction of sp³-hybridized carbons (Fsp3) is 0.154. The lowest BCUT2D eigenvalue weighted by Gasteiger charge is -2.06. The third-order valence-electron chi connectivity index (χ3n) is 2.55. The van der Waals surface area contributed by atoms with E-state index in [1.807, 2.05) is 12.1 Å². The SMILES string of the molecule is CS(=O)(=O)c1ccc(CNc2cc(Br)ccn2)cc1. The predicted molar refractivity (Wildman–Crippen MR) is 78.8 cm³/mol. The Labute approximate surface area is 120 Å². The minimum atomic E-state index is -3.13. The molecular weight excluding hydrogens is 328 g/mol. The molecule has 1 heterocycles. The van der Waals surface area contributed by atoms with Crippen molar-refractivity contribution in [2.45, 2.75) is 11.4 Å². The predicted octanol–water partition coefficient (Wildman–Crippen LogP) is 2.86. The van der Waals surface area contributed by atoms with Gasteiger partial charge in [0.1, 0.15) is 5.82 Å². The van der Waals surface area contributed by atoms with Crippen LogP contribution < -0.4 is 5.32 Å². The summed E-state index contributed by atoms with van der Waals surface area (Å²) in [4.78, 5) is 4.50. The van der Waals surface area contributed by atoms with Crippen molar-refractivity contribution in [1.82, 2.24) is 4.98 Å². The topological polar surface area (TPSA) is 59.1 Å². The van der Waals surface area contributed by atoms with E-state index in [2.05, 4.69) is 26.2 Å². The van der Waals surface area contributed by atoms with Crippen LogP contribution in [-0.4, -0.2) is 19.7 Å². The van der Waals surface area contributed by atoms with Gasteiger partial charge in [0.25, 0.3) is 0 Å². The van der Waals surface area contributed by atoms with E-state index in [1.54, 1.807) is 30.5 Å². The highest BCUT2D eigenvalue weighted by Crippen LogP contribution is 2.15. The van der Waals surface area contributed by atoms with Gasteiger partial charge < -0.3 is 5.32 Å². The van der Waals surface area contributed by atoms with E-state index in [0.29, 0.717) is 11.4 Å². The van der Waals surface area contributed by atoms with Crippen LogP contribution in [0.25, 0.3) is 0 Å². The number of rotatable bonds is 4. The molecule has 0 fully saturated rings. The third-order valence-corrected chi connectivity index (χ3v) is 4.17. The van der Waals surface area contributed by atoms with Crippen LogP contribution in [0.5, 0.6) is 0 Å².